The summed E-state index contributed by atoms with van der Waals surface area (Å²) in [7, 11) is 0. The highest BCUT2D eigenvalue weighted by molar-refractivity contribution is 9.10. The minimum Gasteiger partial charge on any atom is -0.271 e. The van der Waals surface area contributed by atoms with E-state index in [0.717, 1.165) is 0 Å². The summed E-state index contributed by atoms with van der Waals surface area (Å²) in [5.41, 5.74) is 4.07. The Morgan fingerprint density at radius 1 is 1.45 bits per heavy atom. The van der Waals surface area contributed by atoms with Crippen LogP contribution in [0.5, 0.6) is 0 Å². The largest absolute Gasteiger partial charge is 0.271 e. The van der Waals surface area contributed by atoms with Gasteiger partial charge in [0.2, 0.25) is 0 Å². The molecule has 1 aromatic heterocycles. The summed E-state index contributed by atoms with van der Waals surface area (Å²) in [6.07, 6.45) is 1.57. The molecule has 1 atom stereocenters. The number of aromatic nitrogens is 2. The van der Waals surface area contributed by atoms with Crippen LogP contribution in [0.2, 0.25) is 5.02 Å². The van der Waals surface area contributed by atoms with E-state index in [4.69, 9.17) is 17.4 Å². The van der Waals surface area contributed by atoms with Gasteiger partial charge in [-0.1, -0.05) is 17.7 Å². The number of hydrogen-bond acceptors (Lipinski definition) is 3. The second-order valence-electron chi connectivity index (χ2n) is 4.69. The van der Waals surface area contributed by atoms with E-state index >= 15 is 0 Å². The average molecular weight is 362 g/mol. The molecule has 0 amide bonds. The molecular formula is C13H15BrClFN4. The van der Waals surface area contributed by atoms with E-state index in [2.05, 4.69) is 26.5 Å². The predicted octanol–water partition coefficient (Wildman–Crippen LogP) is 3.57. The fraction of sp³-hybridized carbons (Fsp3) is 0.308. The lowest BCUT2D eigenvalue weighted by atomic mass is 10.0. The lowest BCUT2D eigenvalue weighted by Crippen LogP contribution is -2.31. The first-order valence-corrected chi connectivity index (χ1v) is 7.26. The maximum absolute atomic E-state index is 13.7. The Morgan fingerprint density at radius 2 is 2.15 bits per heavy atom. The predicted molar refractivity (Wildman–Crippen MR) is 80.9 cm³/mol. The quantitative estimate of drug-likeness (QED) is 0.646. The van der Waals surface area contributed by atoms with Crippen LogP contribution < -0.4 is 11.3 Å². The van der Waals surface area contributed by atoms with Crippen LogP contribution in [0.4, 0.5) is 4.39 Å². The highest BCUT2D eigenvalue weighted by Crippen LogP contribution is 2.31. The molecule has 4 nitrogen and oxygen atoms in total. The second-order valence-corrected chi connectivity index (χ2v) is 5.95. The highest BCUT2D eigenvalue weighted by atomic mass is 79.9. The third-order valence-corrected chi connectivity index (χ3v) is 3.93. The van der Waals surface area contributed by atoms with Gasteiger partial charge in [-0.2, -0.15) is 5.10 Å². The number of nitrogens with two attached hydrogens (primary N) is 1. The molecule has 2 rings (SSSR count). The fourth-order valence-electron chi connectivity index (χ4n) is 2.06. The van der Waals surface area contributed by atoms with Crippen molar-refractivity contribution in [2.75, 3.05) is 0 Å². The average Bonchev–Trinajstić information content (AvgIpc) is 2.77. The lowest BCUT2D eigenvalue weighted by molar-refractivity contribution is 0.475. The SMILES string of the molecule is CC(C)n1ncc(Cl)c1C(NN)c1ccc(Br)c(F)c1. The number of hydrazine groups is 1. The third-order valence-electron chi connectivity index (χ3n) is 2.99. The van der Waals surface area contributed by atoms with Gasteiger partial charge in [0.1, 0.15) is 5.82 Å². The van der Waals surface area contributed by atoms with Crippen LogP contribution in [-0.2, 0) is 0 Å². The Hall–Kier alpha value is -0.950. The van der Waals surface area contributed by atoms with Crippen molar-refractivity contribution < 1.29 is 4.39 Å². The van der Waals surface area contributed by atoms with Gasteiger partial charge in [-0.05, 0) is 47.5 Å². The van der Waals surface area contributed by atoms with Crippen molar-refractivity contribution in [2.45, 2.75) is 25.9 Å². The van der Waals surface area contributed by atoms with Gasteiger partial charge in [0, 0.05) is 6.04 Å². The Morgan fingerprint density at radius 3 is 2.70 bits per heavy atom. The van der Waals surface area contributed by atoms with Gasteiger partial charge in [0.05, 0.1) is 27.4 Å². The van der Waals surface area contributed by atoms with Crippen molar-refractivity contribution in [3.63, 3.8) is 0 Å². The molecule has 20 heavy (non-hydrogen) atoms. The minimum atomic E-state index is -0.435. The third kappa shape index (κ3) is 2.88. The topological polar surface area (TPSA) is 55.9 Å². The van der Waals surface area contributed by atoms with Crippen LogP contribution in [0, 0.1) is 5.82 Å². The van der Waals surface area contributed by atoms with E-state index < -0.39 is 6.04 Å². The molecule has 0 saturated carbocycles. The van der Waals surface area contributed by atoms with Gasteiger partial charge in [-0.15, -0.1) is 0 Å². The zero-order valence-electron chi connectivity index (χ0n) is 11.1. The number of nitrogens with zero attached hydrogens (tertiary/aromatic N) is 2. The molecule has 1 unspecified atom stereocenters. The van der Waals surface area contributed by atoms with Gasteiger partial charge in [-0.25, -0.2) is 9.82 Å². The Kier molecular flexibility index (Phi) is 4.80. The van der Waals surface area contributed by atoms with Gasteiger partial charge < -0.3 is 0 Å². The molecule has 0 aliphatic heterocycles. The summed E-state index contributed by atoms with van der Waals surface area (Å²) < 4.78 is 15.9. The summed E-state index contributed by atoms with van der Waals surface area (Å²) in [5.74, 6) is 5.29. The monoisotopic (exact) mass is 360 g/mol. The number of benzene rings is 1. The van der Waals surface area contributed by atoms with Crippen molar-refractivity contribution in [1.82, 2.24) is 15.2 Å². The van der Waals surface area contributed by atoms with Crippen LogP contribution in [0.3, 0.4) is 0 Å². The Labute approximate surface area is 130 Å². The Bertz CT molecular complexity index is 614. The first-order chi connectivity index (χ1) is 9.45. The van der Waals surface area contributed by atoms with Gasteiger partial charge in [0.15, 0.2) is 0 Å². The molecule has 0 aliphatic rings. The fourth-order valence-corrected chi connectivity index (χ4v) is 2.54. The minimum absolute atomic E-state index is 0.119. The van der Waals surface area contributed by atoms with Crippen molar-refractivity contribution in [2.24, 2.45) is 5.84 Å². The van der Waals surface area contributed by atoms with E-state index in [1.807, 2.05) is 13.8 Å². The zero-order valence-corrected chi connectivity index (χ0v) is 13.4. The molecule has 0 aliphatic carbocycles. The molecule has 2 aromatic rings. The van der Waals surface area contributed by atoms with Crippen LogP contribution in [0.25, 0.3) is 0 Å². The number of nitrogens with one attached hydrogen (secondary N) is 1. The van der Waals surface area contributed by atoms with E-state index in [1.165, 1.54) is 6.07 Å². The maximum Gasteiger partial charge on any atom is 0.137 e. The normalized spacial score (nSPS) is 12.9. The summed E-state index contributed by atoms with van der Waals surface area (Å²) >= 11 is 9.33. The summed E-state index contributed by atoms with van der Waals surface area (Å²) in [6.45, 7) is 3.98. The van der Waals surface area contributed by atoms with Crippen molar-refractivity contribution in [3.8, 4) is 0 Å². The summed E-state index contributed by atoms with van der Waals surface area (Å²) in [4.78, 5) is 0. The smallest absolute Gasteiger partial charge is 0.137 e. The molecule has 0 bridgehead atoms. The summed E-state index contributed by atoms with van der Waals surface area (Å²) in [6, 6.07) is 4.52. The second kappa shape index (κ2) is 6.22. The van der Waals surface area contributed by atoms with E-state index in [1.54, 1.807) is 23.0 Å². The molecule has 7 heteroatoms. The lowest BCUT2D eigenvalue weighted by Gasteiger charge is -2.21. The van der Waals surface area contributed by atoms with Crippen LogP contribution >= 0.6 is 27.5 Å². The summed E-state index contributed by atoms with van der Waals surface area (Å²) in [5, 5.41) is 4.73. The maximum atomic E-state index is 13.7. The highest BCUT2D eigenvalue weighted by Gasteiger charge is 2.23. The van der Waals surface area contributed by atoms with E-state index in [9.17, 15) is 4.39 Å². The van der Waals surface area contributed by atoms with Crippen LogP contribution in [0.15, 0.2) is 28.9 Å². The van der Waals surface area contributed by atoms with Crippen LogP contribution in [0.1, 0.15) is 37.2 Å². The van der Waals surface area contributed by atoms with E-state index in [0.29, 0.717) is 20.8 Å². The van der Waals surface area contributed by atoms with Crippen molar-refractivity contribution >= 4 is 27.5 Å². The first kappa shape index (κ1) is 15.4. The van der Waals surface area contributed by atoms with Gasteiger partial charge in [0.25, 0.3) is 0 Å². The number of rotatable bonds is 4. The van der Waals surface area contributed by atoms with Crippen LogP contribution in [-0.4, -0.2) is 9.78 Å². The molecule has 0 fully saturated rings. The molecule has 1 aromatic carbocycles. The molecule has 0 saturated heterocycles. The first-order valence-electron chi connectivity index (χ1n) is 6.09. The molecule has 1 heterocycles. The molecule has 0 spiro atoms. The van der Waals surface area contributed by atoms with E-state index in [-0.39, 0.29) is 11.9 Å². The number of halogens is 3. The molecule has 108 valence electrons. The van der Waals surface area contributed by atoms with Crippen molar-refractivity contribution in [1.29, 1.82) is 0 Å². The molecule has 0 radical (unpaired) electrons. The molecular weight excluding hydrogens is 347 g/mol. The van der Waals surface area contributed by atoms with Gasteiger partial charge in [-0.3, -0.25) is 10.5 Å². The standard InChI is InChI=1S/C13H15BrClFN4/c1-7(2)20-13(10(15)6-18-20)12(19-17)8-3-4-9(14)11(16)5-8/h3-7,12,19H,17H2,1-2H3. The van der Waals surface area contributed by atoms with Gasteiger partial charge >= 0.3 is 0 Å². The molecule has 3 N–H and O–H groups in total. The Balaban J connectivity index is 2.52. The zero-order chi connectivity index (χ0) is 14.9. The van der Waals surface area contributed by atoms with Crippen molar-refractivity contribution in [3.05, 3.63) is 51.0 Å². The number of hydrogen-bond donors (Lipinski definition) is 2.